The maximum Gasteiger partial charge on any atom is 0.350 e. The fraction of sp³-hybridized carbons (Fsp3) is 0.312. The molecule has 0 unspecified atom stereocenters. The maximum atomic E-state index is 12.2. The van der Waals surface area contributed by atoms with E-state index in [4.69, 9.17) is 22.1 Å². The first kappa shape index (κ1) is 15.9. The Kier molecular flexibility index (Phi) is 4.30. The molecule has 0 bridgehead atoms. The van der Waals surface area contributed by atoms with Crippen molar-refractivity contribution in [1.82, 2.24) is 0 Å². The van der Waals surface area contributed by atoms with Gasteiger partial charge < -0.3 is 10.5 Å². The zero-order chi connectivity index (χ0) is 15.8. The fourth-order valence-electron chi connectivity index (χ4n) is 1.93. The van der Waals surface area contributed by atoms with E-state index in [-0.39, 0.29) is 5.97 Å². The summed E-state index contributed by atoms with van der Waals surface area (Å²) in [5.41, 5.74) is 7.93. The SMILES string of the molecule is Cc1cc(Cl)ccc1-c1cc(N)c(C(=O)OC(C)(C)C)s1. The number of aryl methyl sites for hydroxylation is 1. The summed E-state index contributed by atoms with van der Waals surface area (Å²) < 4.78 is 5.37. The quantitative estimate of drug-likeness (QED) is 0.798. The molecule has 0 aliphatic carbocycles. The number of rotatable bonds is 2. The fourth-order valence-corrected chi connectivity index (χ4v) is 3.20. The summed E-state index contributed by atoms with van der Waals surface area (Å²) in [4.78, 5) is 13.5. The van der Waals surface area contributed by atoms with E-state index in [0.717, 1.165) is 16.0 Å². The van der Waals surface area contributed by atoms with Crippen LogP contribution in [0.3, 0.4) is 0 Å². The van der Waals surface area contributed by atoms with Gasteiger partial charge >= 0.3 is 5.97 Å². The van der Waals surface area contributed by atoms with Gasteiger partial charge in [0.15, 0.2) is 0 Å². The molecule has 5 heteroatoms. The number of nitrogen functional groups attached to an aromatic ring is 1. The van der Waals surface area contributed by atoms with Crippen molar-refractivity contribution in [3.8, 4) is 10.4 Å². The third-order valence-corrected chi connectivity index (χ3v) is 4.20. The molecule has 0 spiro atoms. The molecule has 1 aromatic carbocycles. The summed E-state index contributed by atoms with van der Waals surface area (Å²) in [6.07, 6.45) is 0. The summed E-state index contributed by atoms with van der Waals surface area (Å²) in [6, 6.07) is 7.45. The van der Waals surface area contributed by atoms with E-state index in [1.165, 1.54) is 11.3 Å². The molecule has 21 heavy (non-hydrogen) atoms. The number of benzene rings is 1. The summed E-state index contributed by atoms with van der Waals surface area (Å²) in [5.74, 6) is -0.386. The molecule has 0 saturated carbocycles. The van der Waals surface area contributed by atoms with Gasteiger partial charge in [-0.1, -0.05) is 17.7 Å². The van der Waals surface area contributed by atoms with Gasteiger partial charge in [0.25, 0.3) is 0 Å². The Balaban J connectivity index is 2.37. The summed E-state index contributed by atoms with van der Waals surface area (Å²) >= 11 is 7.31. The number of carbonyl (C=O) groups is 1. The molecule has 2 N–H and O–H groups in total. The van der Waals surface area contributed by atoms with Crippen LogP contribution in [0.5, 0.6) is 0 Å². The molecule has 2 rings (SSSR count). The number of thiophene rings is 1. The highest BCUT2D eigenvalue weighted by Gasteiger charge is 2.22. The number of hydrogen-bond donors (Lipinski definition) is 1. The highest BCUT2D eigenvalue weighted by Crippen LogP contribution is 2.36. The monoisotopic (exact) mass is 323 g/mol. The predicted molar refractivity (Wildman–Crippen MR) is 89.1 cm³/mol. The molecule has 0 fully saturated rings. The molecule has 2 aromatic rings. The molecule has 3 nitrogen and oxygen atoms in total. The number of esters is 1. The topological polar surface area (TPSA) is 52.3 Å². The smallest absolute Gasteiger partial charge is 0.350 e. The molecule has 112 valence electrons. The van der Waals surface area contributed by atoms with E-state index in [1.54, 1.807) is 6.07 Å². The highest BCUT2D eigenvalue weighted by molar-refractivity contribution is 7.18. The zero-order valence-corrected chi connectivity index (χ0v) is 14.1. The van der Waals surface area contributed by atoms with Crippen LogP contribution < -0.4 is 5.73 Å². The van der Waals surface area contributed by atoms with Crippen molar-refractivity contribution in [1.29, 1.82) is 0 Å². The lowest BCUT2D eigenvalue weighted by atomic mass is 10.1. The average Bonchev–Trinajstić information content (AvgIpc) is 2.68. The Morgan fingerprint density at radius 1 is 1.29 bits per heavy atom. The van der Waals surface area contributed by atoms with Crippen molar-refractivity contribution in [3.05, 3.63) is 39.7 Å². The molecular formula is C16H18ClNO2S. The van der Waals surface area contributed by atoms with Gasteiger partial charge in [0.1, 0.15) is 10.5 Å². The van der Waals surface area contributed by atoms with E-state index in [1.807, 2.05) is 45.9 Å². The lowest BCUT2D eigenvalue weighted by Crippen LogP contribution is -2.23. The van der Waals surface area contributed by atoms with Crippen LogP contribution >= 0.6 is 22.9 Å². The second-order valence-electron chi connectivity index (χ2n) is 5.86. The van der Waals surface area contributed by atoms with Crippen LogP contribution in [0, 0.1) is 6.92 Å². The minimum Gasteiger partial charge on any atom is -0.456 e. The lowest BCUT2D eigenvalue weighted by Gasteiger charge is -2.18. The maximum absolute atomic E-state index is 12.2. The largest absolute Gasteiger partial charge is 0.456 e. The molecule has 1 aromatic heterocycles. The van der Waals surface area contributed by atoms with E-state index >= 15 is 0 Å². The van der Waals surface area contributed by atoms with Gasteiger partial charge in [-0.25, -0.2) is 4.79 Å². The van der Waals surface area contributed by atoms with Gasteiger partial charge in [-0.05, 0) is 57.0 Å². The Bertz CT molecular complexity index is 686. The van der Waals surface area contributed by atoms with Crippen molar-refractivity contribution < 1.29 is 9.53 Å². The van der Waals surface area contributed by atoms with Crippen molar-refractivity contribution in [2.24, 2.45) is 0 Å². The minimum absolute atomic E-state index is 0.386. The molecule has 0 aliphatic rings. The Morgan fingerprint density at radius 2 is 1.95 bits per heavy atom. The number of carbonyl (C=O) groups excluding carboxylic acids is 1. The number of nitrogens with two attached hydrogens (primary N) is 1. The first-order chi connectivity index (χ1) is 9.67. The summed E-state index contributed by atoms with van der Waals surface area (Å²) in [5, 5.41) is 0.688. The third kappa shape index (κ3) is 3.77. The van der Waals surface area contributed by atoms with Gasteiger partial charge in [-0.2, -0.15) is 0 Å². The van der Waals surface area contributed by atoms with Gasteiger partial charge in [-0.3, -0.25) is 0 Å². The van der Waals surface area contributed by atoms with E-state index in [0.29, 0.717) is 15.6 Å². The van der Waals surface area contributed by atoms with Crippen LogP contribution in [-0.4, -0.2) is 11.6 Å². The molecule has 0 aliphatic heterocycles. The number of ether oxygens (including phenoxy) is 1. The van der Waals surface area contributed by atoms with Crippen LogP contribution in [0.1, 0.15) is 36.0 Å². The van der Waals surface area contributed by atoms with Gasteiger partial charge in [-0.15, -0.1) is 11.3 Å². The van der Waals surface area contributed by atoms with Gasteiger partial charge in [0.2, 0.25) is 0 Å². The van der Waals surface area contributed by atoms with Crippen LogP contribution in [-0.2, 0) is 4.74 Å². The van der Waals surface area contributed by atoms with Crippen molar-refractivity contribution in [2.75, 3.05) is 5.73 Å². The number of anilines is 1. The second-order valence-corrected chi connectivity index (χ2v) is 7.34. The van der Waals surface area contributed by atoms with E-state index < -0.39 is 5.60 Å². The van der Waals surface area contributed by atoms with Crippen molar-refractivity contribution in [2.45, 2.75) is 33.3 Å². The Hall–Kier alpha value is -1.52. The van der Waals surface area contributed by atoms with E-state index in [9.17, 15) is 4.79 Å². The van der Waals surface area contributed by atoms with Gasteiger partial charge in [0, 0.05) is 9.90 Å². The highest BCUT2D eigenvalue weighted by atomic mass is 35.5. The third-order valence-electron chi connectivity index (χ3n) is 2.80. The molecule has 1 heterocycles. The van der Waals surface area contributed by atoms with Crippen LogP contribution in [0.4, 0.5) is 5.69 Å². The molecular weight excluding hydrogens is 306 g/mol. The summed E-state index contributed by atoms with van der Waals surface area (Å²) in [6.45, 7) is 7.47. The van der Waals surface area contributed by atoms with Crippen molar-refractivity contribution in [3.63, 3.8) is 0 Å². The average molecular weight is 324 g/mol. The molecule has 0 amide bonds. The molecule has 0 atom stereocenters. The van der Waals surface area contributed by atoms with Crippen LogP contribution in [0.25, 0.3) is 10.4 Å². The van der Waals surface area contributed by atoms with Crippen LogP contribution in [0.15, 0.2) is 24.3 Å². The zero-order valence-electron chi connectivity index (χ0n) is 12.5. The minimum atomic E-state index is -0.538. The number of hydrogen-bond acceptors (Lipinski definition) is 4. The standard InChI is InChI=1S/C16H18ClNO2S/c1-9-7-10(17)5-6-11(9)13-8-12(18)14(21-13)15(19)20-16(2,3)4/h5-8H,18H2,1-4H3. The normalized spacial score (nSPS) is 11.5. The first-order valence-corrected chi connectivity index (χ1v) is 7.76. The first-order valence-electron chi connectivity index (χ1n) is 6.56. The molecule has 0 saturated heterocycles. The lowest BCUT2D eigenvalue weighted by molar-refractivity contribution is 0.00764. The van der Waals surface area contributed by atoms with E-state index in [2.05, 4.69) is 0 Å². The second kappa shape index (κ2) is 5.70. The Morgan fingerprint density at radius 3 is 2.52 bits per heavy atom. The van der Waals surface area contributed by atoms with Gasteiger partial charge in [0.05, 0.1) is 5.69 Å². The predicted octanol–water partition coefficient (Wildman–Crippen LogP) is 4.91. The summed E-state index contributed by atoms with van der Waals surface area (Å²) in [7, 11) is 0. The molecule has 0 radical (unpaired) electrons. The van der Waals surface area contributed by atoms with Crippen molar-refractivity contribution >= 4 is 34.6 Å². The Labute approximate surface area is 133 Å². The number of halogens is 1. The van der Waals surface area contributed by atoms with Crippen LogP contribution in [0.2, 0.25) is 5.02 Å².